The molecule has 0 aliphatic carbocycles. The van der Waals surface area contributed by atoms with E-state index in [4.69, 9.17) is 16.3 Å². The van der Waals surface area contributed by atoms with Crippen molar-refractivity contribution < 1.29 is 14.3 Å². The number of halogens is 1. The predicted molar refractivity (Wildman–Crippen MR) is 68.1 cm³/mol. The molecule has 1 aliphatic heterocycles. The smallest absolute Gasteiger partial charge is 0.316 e. The van der Waals surface area contributed by atoms with Crippen molar-refractivity contribution in [2.45, 2.75) is 6.42 Å². The van der Waals surface area contributed by atoms with E-state index in [0.717, 1.165) is 5.56 Å². The monoisotopic (exact) mass is 268 g/mol. The van der Waals surface area contributed by atoms with Crippen molar-refractivity contribution >= 4 is 28.6 Å². The van der Waals surface area contributed by atoms with Crippen molar-refractivity contribution in [2.24, 2.45) is 0 Å². The first kappa shape index (κ1) is 12.7. The van der Waals surface area contributed by atoms with Gasteiger partial charge in [0.15, 0.2) is 6.61 Å². The molecule has 1 aromatic carbocycles. The maximum atomic E-state index is 11.2. The van der Waals surface area contributed by atoms with Crippen molar-refractivity contribution in [2.75, 3.05) is 25.5 Å². The number of carbonyl (C=O) groups excluding carboxylic acids is 2. The molecule has 1 aromatic rings. The van der Waals surface area contributed by atoms with E-state index in [1.54, 1.807) is 7.05 Å². The molecule has 0 unspecified atom stereocenters. The van der Waals surface area contributed by atoms with Crippen LogP contribution >= 0.6 is 11.6 Å². The van der Waals surface area contributed by atoms with Gasteiger partial charge in [0.25, 0.3) is 5.91 Å². The van der Waals surface area contributed by atoms with Crippen molar-refractivity contribution in [3.63, 3.8) is 0 Å². The number of benzene rings is 1. The minimum Gasteiger partial charge on any atom is -0.482 e. The fourth-order valence-electron chi connectivity index (χ4n) is 1.67. The van der Waals surface area contributed by atoms with E-state index in [0.29, 0.717) is 24.4 Å². The zero-order valence-corrected chi connectivity index (χ0v) is 10.7. The number of nitrogens with zero attached hydrogens (tertiary/aromatic N) is 1. The molecule has 1 aliphatic rings. The zero-order valence-electron chi connectivity index (χ0n) is 9.90. The first-order valence-electron chi connectivity index (χ1n) is 5.52. The summed E-state index contributed by atoms with van der Waals surface area (Å²) in [7, 11) is 1.64. The van der Waals surface area contributed by atoms with Crippen LogP contribution in [0.25, 0.3) is 0 Å². The average molecular weight is 269 g/mol. The molecule has 6 heteroatoms. The van der Waals surface area contributed by atoms with Gasteiger partial charge in [0.2, 0.25) is 0 Å². The molecule has 0 aromatic heterocycles. The number of rotatable bonds is 3. The number of fused-ring (bicyclic) bond motifs is 1. The summed E-state index contributed by atoms with van der Waals surface area (Å²) in [5.41, 5.74) is 1.67. The van der Waals surface area contributed by atoms with Gasteiger partial charge in [-0.15, -0.1) is 0 Å². The Morgan fingerprint density at radius 3 is 3.06 bits per heavy atom. The van der Waals surface area contributed by atoms with E-state index >= 15 is 0 Å². The van der Waals surface area contributed by atoms with Gasteiger partial charge in [-0.3, -0.25) is 9.59 Å². The molecule has 96 valence electrons. The molecule has 0 fully saturated rings. The Morgan fingerprint density at radius 2 is 2.33 bits per heavy atom. The van der Waals surface area contributed by atoms with Crippen LogP contribution < -0.4 is 10.1 Å². The highest BCUT2D eigenvalue weighted by molar-refractivity contribution is 6.62. The quantitative estimate of drug-likeness (QED) is 0.672. The topological polar surface area (TPSA) is 58.6 Å². The van der Waals surface area contributed by atoms with Crippen molar-refractivity contribution in [3.05, 3.63) is 23.8 Å². The highest BCUT2D eigenvalue weighted by Gasteiger charge is 2.16. The van der Waals surface area contributed by atoms with Crippen LogP contribution in [-0.4, -0.2) is 36.4 Å². The minimum absolute atomic E-state index is 0.0514. The second-order valence-electron chi connectivity index (χ2n) is 4.09. The summed E-state index contributed by atoms with van der Waals surface area (Å²) in [5.74, 6) is 0.507. The van der Waals surface area contributed by atoms with E-state index in [1.807, 2.05) is 18.2 Å². The molecular formula is C12H13ClN2O3. The van der Waals surface area contributed by atoms with Gasteiger partial charge in [-0.05, 0) is 35.7 Å². The molecule has 5 nitrogen and oxygen atoms in total. The Balaban J connectivity index is 2.04. The summed E-state index contributed by atoms with van der Waals surface area (Å²) in [4.78, 5) is 23.5. The van der Waals surface area contributed by atoms with E-state index in [-0.39, 0.29) is 12.5 Å². The van der Waals surface area contributed by atoms with Gasteiger partial charge in [0, 0.05) is 13.6 Å². The zero-order chi connectivity index (χ0) is 13.1. The summed E-state index contributed by atoms with van der Waals surface area (Å²) in [6, 6.07) is 5.56. The van der Waals surface area contributed by atoms with Crippen LogP contribution in [0, 0.1) is 0 Å². The van der Waals surface area contributed by atoms with Gasteiger partial charge in [-0.1, -0.05) is 6.07 Å². The lowest BCUT2D eigenvalue weighted by atomic mass is 10.1. The van der Waals surface area contributed by atoms with Gasteiger partial charge in [-0.2, -0.15) is 0 Å². The van der Waals surface area contributed by atoms with Crippen molar-refractivity contribution in [1.29, 1.82) is 0 Å². The lowest BCUT2D eigenvalue weighted by Gasteiger charge is -2.19. The lowest BCUT2D eigenvalue weighted by Crippen LogP contribution is -2.26. The normalized spacial score (nSPS) is 13.3. The largest absolute Gasteiger partial charge is 0.482 e. The third-order valence-corrected chi connectivity index (χ3v) is 3.00. The van der Waals surface area contributed by atoms with Crippen molar-refractivity contribution in [3.8, 4) is 5.75 Å². The third kappa shape index (κ3) is 2.92. The number of hydrogen-bond donors (Lipinski definition) is 1. The minimum atomic E-state index is -0.482. The molecule has 0 radical (unpaired) electrons. The maximum absolute atomic E-state index is 11.2. The van der Waals surface area contributed by atoms with E-state index in [2.05, 4.69) is 5.32 Å². The van der Waals surface area contributed by atoms with Crippen LogP contribution in [0.3, 0.4) is 0 Å². The number of anilines is 1. The van der Waals surface area contributed by atoms with Crippen LogP contribution in [0.4, 0.5) is 10.5 Å². The number of nitrogens with one attached hydrogen (secondary N) is 1. The van der Waals surface area contributed by atoms with Crippen molar-refractivity contribution in [1.82, 2.24) is 4.90 Å². The average Bonchev–Trinajstić information content (AvgIpc) is 2.35. The first-order chi connectivity index (χ1) is 8.56. The Bertz CT molecular complexity index is 490. The molecule has 2 rings (SSSR count). The molecular weight excluding hydrogens is 256 g/mol. The fourth-order valence-corrected chi connectivity index (χ4v) is 1.75. The Labute approximate surface area is 110 Å². The molecule has 0 saturated heterocycles. The van der Waals surface area contributed by atoms with Crippen LogP contribution in [0.5, 0.6) is 5.75 Å². The van der Waals surface area contributed by atoms with E-state index < -0.39 is 5.37 Å². The van der Waals surface area contributed by atoms with Gasteiger partial charge in [-0.25, -0.2) is 0 Å². The lowest BCUT2D eigenvalue weighted by molar-refractivity contribution is -0.118. The van der Waals surface area contributed by atoms with E-state index in [1.165, 1.54) is 4.90 Å². The van der Waals surface area contributed by atoms with Crippen LogP contribution in [0.2, 0.25) is 0 Å². The number of ether oxygens (including phenoxy) is 1. The number of hydrogen-bond acceptors (Lipinski definition) is 3. The van der Waals surface area contributed by atoms with E-state index in [9.17, 15) is 9.59 Å². The first-order valence-corrected chi connectivity index (χ1v) is 5.90. The SMILES string of the molecule is CN(CCc1ccc2c(c1)NC(=O)CO2)C(=O)Cl. The summed E-state index contributed by atoms with van der Waals surface area (Å²) < 4.78 is 5.26. The Kier molecular flexibility index (Phi) is 3.72. The molecule has 1 heterocycles. The molecule has 0 spiro atoms. The van der Waals surface area contributed by atoms with Crippen LogP contribution in [0.1, 0.15) is 5.56 Å². The van der Waals surface area contributed by atoms with Crippen LogP contribution in [-0.2, 0) is 11.2 Å². The second kappa shape index (κ2) is 5.27. The third-order valence-electron chi connectivity index (χ3n) is 2.71. The van der Waals surface area contributed by atoms with Gasteiger partial charge in [0.1, 0.15) is 5.75 Å². The molecule has 2 amide bonds. The van der Waals surface area contributed by atoms with Gasteiger partial charge < -0.3 is 15.0 Å². The molecule has 18 heavy (non-hydrogen) atoms. The maximum Gasteiger partial charge on any atom is 0.316 e. The summed E-state index contributed by atoms with van der Waals surface area (Å²) >= 11 is 5.34. The van der Waals surface area contributed by atoms with Gasteiger partial charge in [0.05, 0.1) is 5.69 Å². The number of amides is 2. The molecule has 1 N–H and O–H groups in total. The summed E-state index contributed by atoms with van der Waals surface area (Å²) in [6.45, 7) is 0.575. The summed E-state index contributed by atoms with van der Waals surface area (Å²) in [6.07, 6.45) is 0.665. The summed E-state index contributed by atoms with van der Waals surface area (Å²) in [5, 5.41) is 2.26. The Hall–Kier alpha value is -1.75. The fraction of sp³-hybridized carbons (Fsp3) is 0.333. The molecule has 0 atom stereocenters. The second-order valence-corrected chi connectivity index (χ2v) is 4.42. The number of likely N-dealkylation sites (N-methyl/N-ethyl adjacent to an activating group) is 1. The van der Waals surface area contributed by atoms with Gasteiger partial charge >= 0.3 is 5.37 Å². The predicted octanol–water partition coefficient (Wildman–Crippen LogP) is 1.85. The highest BCUT2D eigenvalue weighted by Crippen LogP contribution is 2.28. The standard InChI is InChI=1S/C12H13ClN2O3/c1-15(12(13)17)5-4-8-2-3-10-9(6-8)14-11(16)7-18-10/h2-3,6H,4-5,7H2,1H3,(H,14,16). The van der Waals surface area contributed by atoms with Crippen LogP contribution in [0.15, 0.2) is 18.2 Å². The molecule has 0 bridgehead atoms. The highest BCUT2D eigenvalue weighted by atomic mass is 35.5. The number of carbonyl (C=O) groups is 2. The Morgan fingerprint density at radius 1 is 1.56 bits per heavy atom. The molecule has 0 saturated carbocycles.